The van der Waals surface area contributed by atoms with Crippen molar-refractivity contribution in [2.24, 2.45) is 4.99 Å². The lowest BCUT2D eigenvalue weighted by molar-refractivity contribution is 0.286. The van der Waals surface area contributed by atoms with Crippen LogP contribution >= 0.6 is 11.6 Å². The maximum atomic E-state index is 5.78. The molecule has 0 unspecified atom stereocenters. The first-order chi connectivity index (χ1) is 4.39. The molecule has 0 aliphatic heterocycles. The number of nitrogens with zero attached hydrogens (tertiary/aromatic N) is 2. The fourth-order valence-electron chi connectivity index (χ4n) is 0.427. The van der Waals surface area contributed by atoms with Gasteiger partial charge in [0.1, 0.15) is 0 Å². The van der Waals surface area contributed by atoms with Gasteiger partial charge in [0.05, 0.1) is 0 Å². The van der Waals surface area contributed by atoms with E-state index in [0.717, 1.165) is 0 Å². The molecule has 0 saturated carbocycles. The minimum absolute atomic E-state index is 0.0522. The van der Waals surface area contributed by atoms with E-state index in [0.29, 0.717) is 5.29 Å². The molecule has 0 saturated heterocycles. The van der Waals surface area contributed by atoms with Crippen molar-refractivity contribution in [3.05, 3.63) is 0 Å². The number of amidine groups is 1. The summed E-state index contributed by atoms with van der Waals surface area (Å²) >= 11 is 5.78. The molecule has 0 aromatic carbocycles. The SMILES string of the molecule is CN=C(Cl)N(C)C(C)(C)C. The summed E-state index contributed by atoms with van der Waals surface area (Å²) in [5.74, 6) is 0. The largest absolute Gasteiger partial charge is 0.345 e. The molecule has 0 aliphatic rings. The summed E-state index contributed by atoms with van der Waals surface area (Å²) in [4.78, 5) is 5.79. The highest BCUT2D eigenvalue weighted by molar-refractivity contribution is 6.64. The average molecular weight is 163 g/mol. The molecule has 0 aliphatic carbocycles. The predicted molar refractivity (Wildman–Crippen MR) is 46.7 cm³/mol. The molecule has 0 atom stereocenters. The quantitative estimate of drug-likeness (QED) is 0.302. The third kappa shape index (κ3) is 2.56. The smallest absolute Gasteiger partial charge is 0.193 e. The summed E-state index contributed by atoms with van der Waals surface area (Å²) in [6.45, 7) is 6.25. The normalized spacial score (nSPS) is 13.6. The van der Waals surface area contributed by atoms with Gasteiger partial charge in [0.2, 0.25) is 0 Å². The summed E-state index contributed by atoms with van der Waals surface area (Å²) in [6, 6.07) is 0. The van der Waals surface area contributed by atoms with Gasteiger partial charge in [-0.05, 0) is 32.4 Å². The van der Waals surface area contributed by atoms with Crippen LogP contribution in [0.1, 0.15) is 20.8 Å². The molecule has 0 radical (unpaired) electrons. The van der Waals surface area contributed by atoms with Gasteiger partial charge >= 0.3 is 0 Å². The molecule has 0 N–H and O–H groups in total. The molecule has 0 amide bonds. The van der Waals surface area contributed by atoms with Crippen molar-refractivity contribution in [1.29, 1.82) is 0 Å². The Labute approximate surface area is 67.9 Å². The van der Waals surface area contributed by atoms with Crippen LogP contribution in [-0.2, 0) is 0 Å². The minimum Gasteiger partial charge on any atom is -0.345 e. The maximum absolute atomic E-state index is 5.78. The number of hydrogen-bond acceptors (Lipinski definition) is 1. The van der Waals surface area contributed by atoms with Crippen molar-refractivity contribution < 1.29 is 0 Å². The predicted octanol–water partition coefficient (Wildman–Crippen LogP) is 1.94. The van der Waals surface area contributed by atoms with E-state index in [4.69, 9.17) is 11.6 Å². The second kappa shape index (κ2) is 3.24. The number of aliphatic imine (C=N–C) groups is 1. The van der Waals surface area contributed by atoms with Crippen LogP contribution in [0.2, 0.25) is 0 Å². The maximum Gasteiger partial charge on any atom is 0.193 e. The summed E-state index contributed by atoms with van der Waals surface area (Å²) in [6.07, 6.45) is 0. The Bertz CT molecular complexity index is 135. The van der Waals surface area contributed by atoms with Crippen molar-refractivity contribution in [2.45, 2.75) is 26.3 Å². The first kappa shape index (κ1) is 9.76. The van der Waals surface area contributed by atoms with Crippen LogP contribution in [0.5, 0.6) is 0 Å². The molecule has 2 nitrogen and oxygen atoms in total. The summed E-state index contributed by atoms with van der Waals surface area (Å²) in [5.41, 5.74) is 0.0522. The van der Waals surface area contributed by atoms with E-state index < -0.39 is 0 Å². The van der Waals surface area contributed by atoms with Crippen molar-refractivity contribution in [1.82, 2.24) is 4.90 Å². The standard InChI is InChI=1S/C7H15ClN2/c1-7(2,3)10(5)6(8)9-4/h1-5H3. The molecule has 0 heterocycles. The van der Waals surface area contributed by atoms with Crippen LogP contribution in [0.25, 0.3) is 0 Å². The lowest BCUT2D eigenvalue weighted by Gasteiger charge is -2.31. The lowest BCUT2D eigenvalue weighted by atomic mass is 10.1. The van der Waals surface area contributed by atoms with E-state index in [-0.39, 0.29) is 5.54 Å². The molecule has 0 bridgehead atoms. The van der Waals surface area contributed by atoms with Gasteiger partial charge < -0.3 is 4.90 Å². The van der Waals surface area contributed by atoms with Gasteiger partial charge in [-0.2, -0.15) is 0 Å². The number of hydrogen-bond donors (Lipinski definition) is 0. The van der Waals surface area contributed by atoms with Gasteiger partial charge in [0.25, 0.3) is 0 Å². The second-order valence-corrected chi connectivity index (χ2v) is 3.56. The van der Waals surface area contributed by atoms with Crippen LogP contribution in [0, 0.1) is 0 Å². The summed E-state index contributed by atoms with van der Waals surface area (Å²) in [7, 11) is 3.61. The van der Waals surface area contributed by atoms with E-state index in [1.165, 1.54) is 0 Å². The average Bonchev–Trinajstić information content (AvgIpc) is 1.83. The molecule has 0 rings (SSSR count). The Kier molecular flexibility index (Phi) is 3.16. The second-order valence-electron chi connectivity index (χ2n) is 3.22. The van der Waals surface area contributed by atoms with Crippen LogP contribution in [0.4, 0.5) is 0 Å². The molecule has 60 valence electrons. The first-order valence-corrected chi connectivity index (χ1v) is 3.63. The number of rotatable bonds is 0. The fraction of sp³-hybridized carbons (Fsp3) is 0.857. The zero-order valence-corrected chi connectivity index (χ0v) is 8.03. The van der Waals surface area contributed by atoms with Gasteiger partial charge in [0, 0.05) is 19.6 Å². The third-order valence-corrected chi connectivity index (χ3v) is 1.89. The molecule has 3 heteroatoms. The molecule has 0 aromatic rings. The zero-order valence-electron chi connectivity index (χ0n) is 7.27. The van der Waals surface area contributed by atoms with Crippen molar-refractivity contribution >= 4 is 16.9 Å². The van der Waals surface area contributed by atoms with E-state index in [2.05, 4.69) is 25.8 Å². The van der Waals surface area contributed by atoms with Crippen LogP contribution in [-0.4, -0.2) is 29.8 Å². The minimum atomic E-state index is 0.0522. The number of halogens is 1. The highest BCUT2D eigenvalue weighted by atomic mass is 35.5. The van der Waals surface area contributed by atoms with Gasteiger partial charge in [-0.3, -0.25) is 4.99 Å². The van der Waals surface area contributed by atoms with E-state index in [9.17, 15) is 0 Å². The molecule has 10 heavy (non-hydrogen) atoms. The van der Waals surface area contributed by atoms with Gasteiger partial charge in [-0.15, -0.1) is 0 Å². The highest BCUT2D eigenvalue weighted by Crippen LogP contribution is 2.12. The van der Waals surface area contributed by atoms with Gasteiger partial charge in [-0.25, -0.2) is 0 Å². The molecule has 0 aromatic heterocycles. The van der Waals surface area contributed by atoms with Crippen LogP contribution < -0.4 is 0 Å². The summed E-state index contributed by atoms with van der Waals surface area (Å²) < 4.78 is 0. The Balaban J connectivity index is 4.23. The zero-order chi connectivity index (χ0) is 8.36. The topological polar surface area (TPSA) is 15.6 Å². The molecule has 0 fully saturated rings. The molecule has 0 spiro atoms. The van der Waals surface area contributed by atoms with Crippen LogP contribution in [0.3, 0.4) is 0 Å². The van der Waals surface area contributed by atoms with Crippen LogP contribution in [0.15, 0.2) is 4.99 Å². The van der Waals surface area contributed by atoms with Gasteiger partial charge in [0.15, 0.2) is 5.29 Å². The third-order valence-electron chi connectivity index (χ3n) is 1.47. The highest BCUT2D eigenvalue weighted by Gasteiger charge is 2.18. The van der Waals surface area contributed by atoms with E-state index in [1.807, 2.05) is 11.9 Å². The van der Waals surface area contributed by atoms with Crippen molar-refractivity contribution in [3.63, 3.8) is 0 Å². The first-order valence-electron chi connectivity index (χ1n) is 3.25. The van der Waals surface area contributed by atoms with E-state index in [1.54, 1.807) is 7.05 Å². The van der Waals surface area contributed by atoms with Gasteiger partial charge in [-0.1, -0.05) is 0 Å². The lowest BCUT2D eigenvalue weighted by Crippen LogP contribution is -2.40. The molecular weight excluding hydrogens is 148 g/mol. The van der Waals surface area contributed by atoms with Crippen molar-refractivity contribution in [2.75, 3.05) is 14.1 Å². The monoisotopic (exact) mass is 162 g/mol. The fourth-order valence-corrected chi connectivity index (χ4v) is 0.680. The Morgan fingerprint density at radius 2 is 1.80 bits per heavy atom. The summed E-state index contributed by atoms with van der Waals surface area (Å²) in [5, 5.41) is 0.549. The Morgan fingerprint density at radius 1 is 1.40 bits per heavy atom. The Morgan fingerprint density at radius 3 is 1.90 bits per heavy atom. The van der Waals surface area contributed by atoms with Crippen molar-refractivity contribution in [3.8, 4) is 0 Å². The van der Waals surface area contributed by atoms with E-state index >= 15 is 0 Å². The Hall–Kier alpha value is -0.240. The molecular formula is C7H15ClN2.